The molecule has 1 aliphatic rings. The highest BCUT2D eigenvalue weighted by Crippen LogP contribution is 2.27. The lowest BCUT2D eigenvalue weighted by Gasteiger charge is -2.34. The highest BCUT2D eigenvalue weighted by atomic mass is 16.6. The number of carbonyl (C=O) groups is 3. The van der Waals surface area contributed by atoms with Crippen molar-refractivity contribution in [1.82, 2.24) is 4.98 Å². The Balaban J connectivity index is 2.25. The fraction of sp³-hybridized carbons (Fsp3) is 0.692. The van der Waals surface area contributed by atoms with Crippen molar-refractivity contribution in [3.8, 4) is 0 Å². The third-order valence-corrected chi connectivity index (χ3v) is 4.82. The van der Waals surface area contributed by atoms with Gasteiger partial charge in [-0.15, -0.1) is 0 Å². The molecule has 9 heteroatoms. The molecule has 0 radical (unpaired) electrons. The predicted octanol–water partition coefficient (Wildman–Crippen LogP) is 5.71. The standard InChI is InChI=1S/C26H41N3O6/c1-24(2,3)33-21(30)16-18-12-11-15-28(17-18)19-13-10-14-20(27-19)29(22(31)34-25(4,5)6)23(32)35-26(7,8)9/h10,13-14,18H,11-12,15-17H2,1-9H3/t18-/m1/s1. The molecule has 1 saturated heterocycles. The van der Waals surface area contributed by atoms with Gasteiger partial charge in [0.1, 0.15) is 22.6 Å². The van der Waals surface area contributed by atoms with Crippen LogP contribution in [0.25, 0.3) is 0 Å². The average Bonchev–Trinajstić information content (AvgIpc) is 2.64. The summed E-state index contributed by atoms with van der Waals surface area (Å²) in [6.45, 7) is 17.3. The van der Waals surface area contributed by atoms with Crippen molar-refractivity contribution in [3.63, 3.8) is 0 Å². The third-order valence-electron chi connectivity index (χ3n) is 4.82. The van der Waals surface area contributed by atoms with Crippen molar-refractivity contribution in [3.05, 3.63) is 18.2 Å². The minimum absolute atomic E-state index is 0.111. The Labute approximate surface area is 209 Å². The second-order valence-electron chi connectivity index (χ2n) is 11.9. The van der Waals surface area contributed by atoms with Crippen LogP contribution in [0.15, 0.2) is 18.2 Å². The molecule has 2 rings (SSSR count). The van der Waals surface area contributed by atoms with Crippen LogP contribution in [-0.4, -0.2) is 53.0 Å². The molecule has 0 aromatic carbocycles. The maximum atomic E-state index is 13.0. The Bertz CT molecular complexity index is 883. The molecule has 196 valence electrons. The van der Waals surface area contributed by atoms with Crippen LogP contribution in [0.5, 0.6) is 0 Å². The number of aromatic nitrogens is 1. The lowest BCUT2D eigenvalue weighted by molar-refractivity contribution is -0.156. The van der Waals surface area contributed by atoms with E-state index in [0.29, 0.717) is 18.8 Å². The predicted molar refractivity (Wildman–Crippen MR) is 135 cm³/mol. The summed E-state index contributed by atoms with van der Waals surface area (Å²) in [5.74, 6) is 0.623. The Morgan fingerprint density at radius 1 is 0.914 bits per heavy atom. The molecule has 1 aliphatic heterocycles. The van der Waals surface area contributed by atoms with Gasteiger partial charge in [0.25, 0.3) is 0 Å². The first kappa shape index (κ1) is 28.4. The van der Waals surface area contributed by atoms with Crippen LogP contribution in [0.2, 0.25) is 0 Å². The average molecular weight is 492 g/mol. The van der Waals surface area contributed by atoms with Gasteiger partial charge in [0, 0.05) is 13.1 Å². The van der Waals surface area contributed by atoms with Gasteiger partial charge in [-0.05, 0) is 93.2 Å². The van der Waals surface area contributed by atoms with Crippen LogP contribution in [0.1, 0.15) is 81.6 Å². The topological polar surface area (TPSA) is 98.3 Å². The monoisotopic (exact) mass is 491 g/mol. The van der Waals surface area contributed by atoms with Gasteiger partial charge < -0.3 is 19.1 Å². The fourth-order valence-electron chi connectivity index (χ4n) is 3.65. The van der Waals surface area contributed by atoms with E-state index in [9.17, 15) is 14.4 Å². The number of ether oxygens (including phenoxy) is 3. The Kier molecular flexibility index (Phi) is 8.79. The summed E-state index contributed by atoms with van der Waals surface area (Å²) in [6, 6.07) is 5.12. The molecule has 1 fully saturated rings. The number of hydrogen-bond acceptors (Lipinski definition) is 8. The maximum Gasteiger partial charge on any atom is 0.425 e. The molecule has 0 unspecified atom stereocenters. The first-order valence-corrected chi connectivity index (χ1v) is 12.1. The number of imide groups is 1. The Hall–Kier alpha value is -2.84. The molecule has 1 aromatic heterocycles. The molecule has 0 bridgehead atoms. The van der Waals surface area contributed by atoms with E-state index in [1.54, 1.807) is 53.7 Å². The van der Waals surface area contributed by atoms with Crippen LogP contribution < -0.4 is 9.80 Å². The highest BCUT2D eigenvalue weighted by molar-refractivity contribution is 6.08. The number of esters is 1. The van der Waals surface area contributed by atoms with Crippen LogP contribution in [-0.2, 0) is 19.0 Å². The largest absolute Gasteiger partial charge is 0.460 e. The van der Waals surface area contributed by atoms with Gasteiger partial charge in [-0.2, -0.15) is 4.90 Å². The van der Waals surface area contributed by atoms with E-state index in [2.05, 4.69) is 9.88 Å². The summed E-state index contributed by atoms with van der Waals surface area (Å²) >= 11 is 0. The number of piperidine rings is 1. The lowest BCUT2D eigenvalue weighted by Crippen LogP contribution is -2.44. The smallest absolute Gasteiger partial charge is 0.425 e. The first-order chi connectivity index (χ1) is 15.9. The van der Waals surface area contributed by atoms with E-state index in [-0.39, 0.29) is 17.7 Å². The van der Waals surface area contributed by atoms with E-state index < -0.39 is 29.0 Å². The van der Waals surface area contributed by atoms with Crippen molar-refractivity contribution in [2.75, 3.05) is 22.9 Å². The van der Waals surface area contributed by atoms with Crippen molar-refractivity contribution >= 4 is 29.8 Å². The summed E-state index contributed by atoms with van der Waals surface area (Å²) in [5.41, 5.74) is -2.14. The second kappa shape index (κ2) is 10.8. The van der Waals surface area contributed by atoms with E-state index >= 15 is 0 Å². The minimum atomic E-state index is -0.863. The number of anilines is 2. The first-order valence-electron chi connectivity index (χ1n) is 12.1. The van der Waals surface area contributed by atoms with Crippen molar-refractivity contribution in [2.24, 2.45) is 5.92 Å². The van der Waals surface area contributed by atoms with Crippen molar-refractivity contribution in [1.29, 1.82) is 0 Å². The summed E-state index contributed by atoms with van der Waals surface area (Å²) in [4.78, 5) is 45.7. The van der Waals surface area contributed by atoms with E-state index in [4.69, 9.17) is 14.2 Å². The van der Waals surface area contributed by atoms with Gasteiger partial charge in [-0.25, -0.2) is 14.6 Å². The molecular formula is C26H41N3O6. The zero-order chi connectivity index (χ0) is 26.6. The molecule has 35 heavy (non-hydrogen) atoms. The summed E-state index contributed by atoms with van der Waals surface area (Å²) in [7, 11) is 0. The zero-order valence-electron chi connectivity index (χ0n) is 22.6. The quantitative estimate of drug-likeness (QED) is 0.390. The van der Waals surface area contributed by atoms with Gasteiger partial charge in [0.15, 0.2) is 5.82 Å². The molecule has 0 aliphatic carbocycles. The summed E-state index contributed by atoms with van der Waals surface area (Å²) in [5, 5.41) is 0. The second-order valence-corrected chi connectivity index (χ2v) is 11.9. The van der Waals surface area contributed by atoms with Crippen LogP contribution >= 0.6 is 0 Å². The Morgan fingerprint density at radius 2 is 1.46 bits per heavy atom. The molecule has 0 N–H and O–H groups in total. The number of hydrogen-bond donors (Lipinski definition) is 0. The third kappa shape index (κ3) is 9.74. The number of carbonyl (C=O) groups excluding carboxylic acids is 3. The zero-order valence-corrected chi connectivity index (χ0v) is 22.6. The summed E-state index contributed by atoms with van der Waals surface area (Å²) in [6.07, 6.45) is 0.407. The molecule has 1 aromatic rings. The van der Waals surface area contributed by atoms with Gasteiger partial charge in [-0.3, -0.25) is 4.79 Å². The number of amides is 2. The van der Waals surface area contributed by atoms with Gasteiger partial charge in [0.05, 0.1) is 6.42 Å². The molecule has 2 heterocycles. The molecule has 2 amide bonds. The molecule has 0 spiro atoms. The number of pyridine rings is 1. The van der Waals surface area contributed by atoms with Gasteiger partial charge in [-0.1, -0.05) is 6.07 Å². The SMILES string of the molecule is CC(C)(C)OC(=O)C[C@H]1CCCN(c2cccc(N(C(=O)OC(C)(C)C)C(=O)OC(C)(C)C)n2)C1. The van der Waals surface area contributed by atoms with Crippen LogP contribution in [0.4, 0.5) is 21.2 Å². The van der Waals surface area contributed by atoms with E-state index in [1.807, 2.05) is 26.8 Å². The number of rotatable bonds is 4. The fourth-order valence-corrected chi connectivity index (χ4v) is 3.65. The molecule has 9 nitrogen and oxygen atoms in total. The van der Waals surface area contributed by atoms with Gasteiger partial charge >= 0.3 is 18.2 Å². The van der Waals surface area contributed by atoms with E-state index in [1.165, 1.54) is 0 Å². The van der Waals surface area contributed by atoms with Crippen molar-refractivity contribution in [2.45, 2.75) is 98.4 Å². The van der Waals surface area contributed by atoms with Crippen molar-refractivity contribution < 1.29 is 28.6 Å². The summed E-state index contributed by atoms with van der Waals surface area (Å²) < 4.78 is 16.4. The molecule has 1 atom stereocenters. The van der Waals surface area contributed by atoms with E-state index in [0.717, 1.165) is 24.3 Å². The minimum Gasteiger partial charge on any atom is -0.460 e. The normalized spacial score (nSPS) is 16.9. The Morgan fingerprint density at radius 3 is 1.97 bits per heavy atom. The maximum absolute atomic E-state index is 13.0. The number of nitrogens with zero attached hydrogens (tertiary/aromatic N) is 3. The highest BCUT2D eigenvalue weighted by Gasteiger charge is 2.34. The van der Waals surface area contributed by atoms with Crippen LogP contribution in [0.3, 0.4) is 0 Å². The molecular weight excluding hydrogens is 450 g/mol. The molecule has 0 saturated carbocycles. The van der Waals surface area contributed by atoms with Crippen LogP contribution in [0, 0.1) is 5.92 Å². The lowest BCUT2D eigenvalue weighted by atomic mass is 9.94. The van der Waals surface area contributed by atoms with Gasteiger partial charge in [0.2, 0.25) is 0 Å².